The van der Waals surface area contributed by atoms with E-state index < -0.39 is 0 Å². The van der Waals surface area contributed by atoms with Crippen LogP contribution in [0.5, 0.6) is 0 Å². The topological polar surface area (TPSA) is 42.0 Å². The number of fused-ring (bicyclic) bond motifs is 1. The van der Waals surface area contributed by atoms with Crippen molar-refractivity contribution in [1.82, 2.24) is 4.98 Å². The summed E-state index contributed by atoms with van der Waals surface area (Å²) >= 11 is 0. The number of aryl methyl sites for hydroxylation is 2. The summed E-state index contributed by atoms with van der Waals surface area (Å²) in [5, 5.41) is 3.95. The number of rotatable bonds is 2. The maximum absolute atomic E-state index is 12.5. The van der Waals surface area contributed by atoms with Gasteiger partial charge in [0.05, 0.1) is 11.2 Å². The molecule has 0 bridgehead atoms. The zero-order chi connectivity index (χ0) is 14.8. The van der Waals surface area contributed by atoms with Crippen LogP contribution in [-0.4, -0.2) is 10.9 Å². The standard InChI is InChI=1S/C18H16N2O/c1-12-7-3-4-8-14(12)18(21)20-17-11-13(2)19-16-10-6-5-9-15(16)17/h3-11H,1-2H3,(H,19,20,21). The van der Waals surface area contributed by atoms with E-state index in [-0.39, 0.29) is 5.91 Å². The van der Waals surface area contributed by atoms with Gasteiger partial charge in [0.25, 0.3) is 5.91 Å². The summed E-state index contributed by atoms with van der Waals surface area (Å²) in [4.78, 5) is 16.9. The van der Waals surface area contributed by atoms with Gasteiger partial charge < -0.3 is 5.32 Å². The Morgan fingerprint density at radius 3 is 2.52 bits per heavy atom. The van der Waals surface area contributed by atoms with Gasteiger partial charge in [-0.3, -0.25) is 9.78 Å². The first kappa shape index (κ1) is 13.3. The summed E-state index contributed by atoms with van der Waals surface area (Å²) in [5.74, 6) is -0.0937. The smallest absolute Gasteiger partial charge is 0.255 e. The number of nitrogens with zero attached hydrogens (tertiary/aromatic N) is 1. The molecule has 0 saturated carbocycles. The third-order valence-corrected chi connectivity index (χ3v) is 3.48. The van der Waals surface area contributed by atoms with E-state index in [0.717, 1.165) is 27.8 Å². The van der Waals surface area contributed by atoms with Crippen LogP contribution >= 0.6 is 0 Å². The van der Waals surface area contributed by atoms with Crippen LogP contribution in [0.2, 0.25) is 0 Å². The van der Waals surface area contributed by atoms with E-state index in [9.17, 15) is 4.79 Å². The number of carbonyl (C=O) groups excluding carboxylic acids is 1. The minimum absolute atomic E-state index is 0.0937. The second-order valence-corrected chi connectivity index (χ2v) is 5.10. The lowest BCUT2D eigenvalue weighted by molar-refractivity contribution is 0.102. The van der Waals surface area contributed by atoms with Gasteiger partial charge in [0.15, 0.2) is 0 Å². The van der Waals surface area contributed by atoms with E-state index in [1.54, 1.807) is 0 Å². The van der Waals surface area contributed by atoms with Crippen LogP contribution in [0, 0.1) is 13.8 Å². The molecule has 1 heterocycles. The molecule has 3 heteroatoms. The summed E-state index contributed by atoms with van der Waals surface area (Å²) in [6.45, 7) is 3.86. The monoisotopic (exact) mass is 276 g/mol. The molecular weight excluding hydrogens is 260 g/mol. The Morgan fingerprint density at radius 2 is 1.71 bits per heavy atom. The third-order valence-electron chi connectivity index (χ3n) is 3.48. The highest BCUT2D eigenvalue weighted by molar-refractivity contribution is 6.09. The molecule has 0 unspecified atom stereocenters. The van der Waals surface area contributed by atoms with E-state index in [2.05, 4.69) is 10.3 Å². The zero-order valence-electron chi connectivity index (χ0n) is 12.1. The number of nitrogens with one attached hydrogen (secondary N) is 1. The van der Waals surface area contributed by atoms with E-state index in [0.29, 0.717) is 5.56 Å². The summed E-state index contributed by atoms with van der Waals surface area (Å²) in [6, 6.07) is 17.3. The molecule has 1 aromatic heterocycles. The van der Waals surface area contributed by atoms with Crippen LogP contribution in [0.3, 0.4) is 0 Å². The van der Waals surface area contributed by atoms with Gasteiger partial charge in [0, 0.05) is 16.6 Å². The number of aromatic nitrogens is 1. The minimum Gasteiger partial charge on any atom is -0.321 e. The van der Waals surface area contributed by atoms with Crippen molar-refractivity contribution in [2.75, 3.05) is 5.32 Å². The molecule has 21 heavy (non-hydrogen) atoms. The molecule has 0 fully saturated rings. The number of benzene rings is 2. The lowest BCUT2D eigenvalue weighted by atomic mass is 10.1. The molecule has 3 nitrogen and oxygen atoms in total. The van der Waals surface area contributed by atoms with E-state index in [4.69, 9.17) is 0 Å². The largest absolute Gasteiger partial charge is 0.321 e. The lowest BCUT2D eigenvalue weighted by Gasteiger charge is -2.11. The highest BCUT2D eigenvalue weighted by Gasteiger charge is 2.11. The maximum atomic E-state index is 12.5. The second-order valence-electron chi connectivity index (χ2n) is 5.10. The van der Waals surface area contributed by atoms with Gasteiger partial charge in [-0.1, -0.05) is 36.4 Å². The average molecular weight is 276 g/mol. The quantitative estimate of drug-likeness (QED) is 0.765. The van der Waals surface area contributed by atoms with Crippen LogP contribution in [0.4, 0.5) is 5.69 Å². The maximum Gasteiger partial charge on any atom is 0.255 e. The fraction of sp³-hybridized carbons (Fsp3) is 0.111. The molecule has 2 aromatic carbocycles. The molecule has 0 aliphatic carbocycles. The van der Waals surface area contributed by atoms with E-state index in [1.165, 1.54) is 0 Å². The third kappa shape index (κ3) is 2.63. The van der Waals surface area contributed by atoms with Gasteiger partial charge in [-0.05, 0) is 37.6 Å². The number of anilines is 1. The lowest BCUT2D eigenvalue weighted by Crippen LogP contribution is -2.13. The normalized spacial score (nSPS) is 10.6. The van der Waals surface area contributed by atoms with Crippen LogP contribution < -0.4 is 5.32 Å². The summed E-state index contributed by atoms with van der Waals surface area (Å²) < 4.78 is 0. The Balaban J connectivity index is 2.02. The van der Waals surface area contributed by atoms with Crippen molar-refractivity contribution in [2.24, 2.45) is 0 Å². The van der Waals surface area contributed by atoms with Crippen LogP contribution in [0.25, 0.3) is 10.9 Å². The first-order valence-corrected chi connectivity index (χ1v) is 6.88. The predicted octanol–water partition coefficient (Wildman–Crippen LogP) is 4.10. The predicted molar refractivity (Wildman–Crippen MR) is 85.6 cm³/mol. The molecule has 1 amide bonds. The Morgan fingerprint density at radius 1 is 1.00 bits per heavy atom. The number of hydrogen-bond donors (Lipinski definition) is 1. The first-order chi connectivity index (χ1) is 10.1. The van der Waals surface area contributed by atoms with Crippen LogP contribution in [0.15, 0.2) is 54.6 Å². The molecular formula is C18H16N2O. The molecule has 3 aromatic rings. The molecule has 1 N–H and O–H groups in total. The van der Waals surface area contributed by atoms with Gasteiger partial charge in [0.2, 0.25) is 0 Å². The van der Waals surface area contributed by atoms with Gasteiger partial charge in [-0.25, -0.2) is 0 Å². The summed E-state index contributed by atoms with van der Waals surface area (Å²) in [6.07, 6.45) is 0. The summed E-state index contributed by atoms with van der Waals surface area (Å²) in [7, 11) is 0. The highest BCUT2D eigenvalue weighted by atomic mass is 16.1. The molecule has 0 aliphatic rings. The van der Waals surface area contributed by atoms with Gasteiger partial charge >= 0.3 is 0 Å². The molecule has 0 saturated heterocycles. The van der Waals surface area contributed by atoms with Gasteiger partial charge in [-0.15, -0.1) is 0 Å². The Labute approximate surface area is 123 Å². The van der Waals surface area contributed by atoms with Crippen molar-refractivity contribution < 1.29 is 4.79 Å². The van der Waals surface area contributed by atoms with Crippen molar-refractivity contribution in [3.63, 3.8) is 0 Å². The highest BCUT2D eigenvalue weighted by Crippen LogP contribution is 2.23. The van der Waals surface area contributed by atoms with Crippen molar-refractivity contribution in [3.8, 4) is 0 Å². The Kier molecular flexibility index (Phi) is 3.40. The zero-order valence-corrected chi connectivity index (χ0v) is 12.1. The first-order valence-electron chi connectivity index (χ1n) is 6.88. The van der Waals surface area contributed by atoms with Gasteiger partial charge in [-0.2, -0.15) is 0 Å². The van der Waals surface area contributed by atoms with Crippen molar-refractivity contribution in [3.05, 3.63) is 71.4 Å². The number of carbonyl (C=O) groups is 1. The Bertz CT molecular complexity index is 824. The van der Waals surface area contributed by atoms with E-state index >= 15 is 0 Å². The van der Waals surface area contributed by atoms with Gasteiger partial charge in [0.1, 0.15) is 0 Å². The van der Waals surface area contributed by atoms with Crippen molar-refractivity contribution in [1.29, 1.82) is 0 Å². The van der Waals surface area contributed by atoms with Crippen LogP contribution in [-0.2, 0) is 0 Å². The average Bonchev–Trinajstić information content (AvgIpc) is 2.47. The van der Waals surface area contributed by atoms with Crippen LogP contribution in [0.1, 0.15) is 21.6 Å². The molecule has 0 atom stereocenters. The molecule has 0 spiro atoms. The fourth-order valence-electron chi connectivity index (χ4n) is 2.43. The number of para-hydroxylation sites is 1. The molecule has 0 radical (unpaired) electrons. The Hall–Kier alpha value is -2.68. The molecule has 104 valence electrons. The number of amides is 1. The minimum atomic E-state index is -0.0937. The SMILES string of the molecule is Cc1cc(NC(=O)c2ccccc2C)c2ccccc2n1. The molecule has 0 aliphatic heterocycles. The van der Waals surface area contributed by atoms with Crippen molar-refractivity contribution in [2.45, 2.75) is 13.8 Å². The number of pyridine rings is 1. The fourth-order valence-corrected chi connectivity index (χ4v) is 2.43. The summed E-state index contributed by atoms with van der Waals surface area (Å²) in [5.41, 5.74) is 4.22. The molecule has 3 rings (SSSR count). The van der Waals surface area contributed by atoms with Crippen molar-refractivity contribution >= 4 is 22.5 Å². The van der Waals surface area contributed by atoms with E-state index in [1.807, 2.05) is 68.4 Å². The second kappa shape index (κ2) is 5.37. The number of hydrogen-bond acceptors (Lipinski definition) is 2.